The molecule has 1 rings (SSSR count). The summed E-state index contributed by atoms with van der Waals surface area (Å²) in [5.41, 5.74) is 0. The largest absolute Gasteiger partial charge is 0.357 e. The van der Waals surface area contributed by atoms with Crippen LogP contribution in [-0.2, 0) is 6.54 Å². The lowest BCUT2D eigenvalue weighted by atomic mass is 10.3. The molecule has 5 heteroatoms. The Morgan fingerprint density at radius 2 is 1.95 bits per heavy atom. The van der Waals surface area contributed by atoms with Crippen LogP contribution in [0.25, 0.3) is 0 Å². The maximum absolute atomic E-state index is 4.60. The van der Waals surface area contributed by atoms with Crippen LogP contribution in [0.15, 0.2) is 29.5 Å². The highest BCUT2D eigenvalue weighted by Crippen LogP contribution is 1.92. The molecule has 0 aliphatic rings. The summed E-state index contributed by atoms with van der Waals surface area (Å²) in [5.74, 6) is 0.900. The van der Waals surface area contributed by atoms with Crippen LogP contribution in [0.4, 0.5) is 0 Å². The Balaban J connectivity index is 2.31. The minimum Gasteiger partial charge on any atom is -0.357 e. The van der Waals surface area contributed by atoms with Crippen molar-refractivity contribution in [3.8, 4) is 0 Å². The van der Waals surface area contributed by atoms with E-state index in [9.17, 15) is 0 Å². The highest BCUT2D eigenvalue weighted by atomic mass is 15.2. The first-order chi connectivity index (χ1) is 9.63. The van der Waals surface area contributed by atoms with E-state index in [0.29, 0.717) is 6.04 Å². The summed E-state index contributed by atoms with van der Waals surface area (Å²) in [5, 5.41) is 6.64. The van der Waals surface area contributed by atoms with E-state index in [1.165, 1.54) is 0 Å². The number of aliphatic imine (C=N–C) groups is 1. The van der Waals surface area contributed by atoms with E-state index in [1.807, 2.05) is 12.1 Å². The molecule has 1 aromatic rings. The summed E-state index contributed by atoms with van der Waals surface area (Å²) in [4.78, 5) is 6.90. The van der Waals surface area contributed by atoms with Crippen molar-refractivity contribution in [3.05, 3.63) is 24.5 Å². The van der Waals surface area contributed by atoms with Crippen molar-refractivity contribution >= 4 is 5.96 Å². The van der Waals surface area contributed by atoms with Gasteiger partial charge < -0.3 is 20.1 Å². The molecule has 0 saturated heterocycles. The SMILES string of the molecule is CCNC(=NCCN(C)C(C)C)NCCn1cccc1. The van der Waals surface area contributed by atoms with Gasteiger partial charge in [-0.15, -0.1) is 0 Å². The topological polar surface area (TPSA) is 44.6 Å². The van der Waals surface area contributed by atoms with Crippen molar-refractivity contribution in [1.82, 2.24) is 20.1 Å². The number of hydrogen-bond acceptors (Lipinski definition) is 2. The molecular weight excluding hydrogens is 250 g/mol. The zero-order valence-corrected chi connectivity index (χ0v) is 13.3. The van der Waals surface area contributed by atoms with Crippen molar-refractivity contribution in [3.63, 3.8) is 0 Å². The zero-order valence-electron chi connectivity index (χ0n) is 13.3. The average Bonchev–Trinajstić information content (AvgIpc) is 2.91. The van der Waals surface area contributed by atoms with E-state index in [-0.39, 0.29) is 0 Å². The molecule has 5 nitrogen and oxygen atoms in total. The van der Waals surface area contributed by atoms with Crippen LogP contribution in [-0.4, -0.2) is 54.7 Å². The third kappa shape index (κ3) is 6.61. The molecule has 0 aromatic carbocycles. The quantitative estimate of drug-likeness (QED) is 0.558. The molecule has 114 valence electrons. The molecule has 1 aromatic heterocycles. The summed E-state index contributed by atoms with van der Waals surface area (Å²) in [6.07, 6.45) is 4.15. The van der Waals surface area contributed by atoms with Gasteiger partial charge in [0.1, 0.15) is 0 Å². The monoisotopic (exact) mass is 279 g/mol. The van der Waals surface area contributed by atoms with Gasteiger partial charge in [0, 0.05) is 44.6 Å². The third-order valence-corrected chi connectivity index (χ3v) is 3.28. The summed E-state index contributed by atoms with van der Waals surface area (Å²) < 4.78 is 2.16. The molecule has 0 amide bonds. The molecule has 0 unspecified atom stereocenters. The van der Waals surface area contributed by atoms with Gasteiger partial charge in [-0.3, -0.25) is 4.99 Å². The van der Waals surface area contributed by atoms with Crippen LogP contribution in [0.3, 0.4) is 0 Å². The van der Waals surface area contributed by atoms with Crippen LogP contribution < -0.4 is 10.6 Å². The van der Waals surface area contributed by atoms with E-state index in [4.69, 9.17) is 0 Å². The Hall–Kier alpha value is -1.49. The second-order valence-electron chi connectivity index (χ2n) is 5.18. The first-order valence-corrected chi connectivity index (χ1v) is 7.46. The predicted molar refractivity (Wildman–Crippen MR) is 86.2 cm³/mol. The van der Waals surface area contributed by atoms with Crippen LogP contribution in [0, 0.1) is 0 Å². The fourth-order valence-corrected chi connectivity index (χ4v) is 1.74. The number of nitrogens with zero attached hydrogens (tertiary/aromatic N) is 3. The summed E-state index contributed by atoms with van der Waals surface area (Å²) in [7, 11) is 2.13. The van der Waals surface area contributed by atoms with Crippen LogP contribution in [0.2, 0.25) is 0 Å². The van der Waals surface area contributed by atoms with Crippen molar-refractivity contribution < 1.29 is 0 Å². The molecule has 20 heavy (non-hydrogen) atoms. The Kier molecular flexibility index (Phi) is 7.80. The molecule has 2 N–H and O–H groups in total. The van der Waals surface area contributed by atoms with Gasteiger partial charge in [0.2, 0.25) is 0 Å². The standard InChI is InChI=1S/C15H29N5/c1-5-16-15(17-8-12-19(4)14(2)3)18-9-13-20-10-6-7-11-20/h6-7,10-11,14H,5,8-9,12-13H2,1-4H3,(H2,16,17,18). The lowest BCUT2D eigenvalue weighted by Crippen LogP contribution is -2.39. The van der Waals surface area contributed by atoms with Gasteiger partial charge in [-0.05, 0) is 40.0 Å². The summed E-state index contributed by atoms with van der Waals surface area (Å²) in [6.45, 7) is 11.0. The molecule has 1 heterocycles. The van der Waals surface area contributed by atoms with Crippen LogP contribution in [0.1, 0.15) is 20.8 Å². The lowest BCUT2D eigenvalue weighted by molar-refractivity contribution is 0.282. The highest BCUT2D eigenvalue weighted by molar-refractivity contribution is 5.79. The highest BCUT2D eigenvalue weighted by Gasteiger charge is 2.02. The number of nitrogens with one attached hydrogen (secondary N) is 2. The van der Waals surface area contributed by atoms with Gasteiger partial charge in [0.15, 0.2) is 5.96 Å². The Morgan fingerprint density at radius 3 is 2.55 bits per heavy atom. The zero-order chi connectivity index (χ0) is 14.8. The van der Waals surface area contributed by atoms with Gasteiger partial charge in [-0.2, -0.15) is 0 Å². The van der Waals surface area contributed by atoms with E-state index >= 15 is 0 Å². The third-order valence-electron chi connectivity index (χ3n) is 3.28. The Labute approximate surface area is 123 Å². The fourth-order valence-electron chi connectivity index (χ4n) is 1.74. The molecule has 0 aliphatic carbocycles. The normalized spacial score (nSPS) is 12.2. The second kappa shape index (κ2) is 9.42. The molecule has 0 bridgehead atoms. The average molecular weight is 279 g/mol. The summed E-state index contributed by atoms with van der Waals surface area (Å²) >= 11 is 0. The fraction of sp³-hybridized carbons (Fsp3) is 0.667. The summed E-state index contributed by atoms with van der Waals surface area (Å²) in [6, 6.07) is 4.65. The van der Waals surface area contributed by atoms with Gasteiger partial charge in [-0.25, -0.2) is 0 Å². The van der Waals surface area contributed by atoms with Crippen LogP contribution >= 0.6 is 0 Å². The van der Waals surface area contributed by atoms with E-state index in [0.717, 1.165) is 38.7 Å². The first-order valence-electron chi connectivity index (χ1n) is 7.46. The molecule has 0 spiro atoms. The Bertz CT molecular complexity index is 370. The maximum Gasteiger partial charge on any atom is 0.191 e. The van der Waals surface area contributed by atoms with E-state index in [2.05, 4.69) is 65.3 Å². The number of rotatable bonds is 8. The number of likely N-dealkylation sites (N-methyl/N-ethyl adjacent to an activating group) is 1. The lowest BCUT2D eigenvalue weighted by Gasteiger charge is -2.20. The predicted octanol–water partition coefficient (Wildman–Crippen LogP) is 1.38. The second-order valence-corrected chi connectivity index (χ2v) is 5.18. The first kappa shape index (κ1) is 16.6. The van der Waals surface area contributed by atoms with Crippen molar-refractivity contribution in [2.75, 3.05) is 33.2 Å². The van der Waals surface area contributed by atoms with Crippen molar-refractivity contribution in [2.24, 2.45) is 4.99 Å². The molecular formula is C15H29N5. The molecule has 0 atom stereocenters. The Morgan fingerprint density at radius 1 is 1.25 bits per heavy atom. The van der Waals surface area contributed by atoms with Crippen molar-refractivity contribution in [1.29, 1.82) is 0 Å². The van der Waals surface area contributed by atoms with E-state index in [1.54, 1.807) is 0 Å². The molecule has 0 fully saturated rings. The smallest absolute Gasteiger partial charge is 0.191 e. The molecule has 0 radical (unpaired) electrons. The van der Waals surface area contributed by atoms with Crippen molar-refractivity contribution in [2.45, 2.75) is 33.4 Å². The van der Waals surface area contributed by atoms with Gasteiger partial charge >= 0.3 is 0 Å². The minimum atomic E-state index is 0.564. The molecule has 0 aliphatic heterocycles. The maximum atomic E-state index is 4.60. The van der Waals surface area contributed by atoms with Crippen LogP contribution in [0.5, 0.6) is 0 Å². The number of hydrogen-bond donors (Lipinski definition) is 2. The minimum absolute atomic E-state index is 0.564. The number of aromatic nitrogens is 1. The van der Waals surface area contributed by atoms with Gasteiger partial charge in [0.05, 0.1) is 6.54 Å². The van der Waals surface area contributed by atoms with E-state index < -0.39 is 0 Å². The number of guanidine groups is 1. The van der Waals surface area contributed by atoms with Gasteiger partial charge in [-0.1, -0.05) is 0 Å². The van der Waals surface area contributed by atoms with Gasteiger partial charge in [0.25, 0.3) is 0 Å². The molecule has 0 saturated carbocycles.